The van der Waals surface area contributed by atoms with Gasteiger partial charge >= 0.3 is 0 Å². The average molecular weight is 887 g/mol. The molecule has 0 radical (unpaired) electrons. The Labute approximate surface area is 408 Å². The van der Waals surface area contributed by atoms with Crippen molar-refractivity contribution in [2.24, 2.45) is 0 Å². The predicted octanol–water partition coefficient (Wildman–Crippen LogP) is 14.8. The quantitative estimate of drug-likeness (QED) is 0.151. The maximum absolute atomic E-state index is 2.52. The molecule has 0 amide bonds. The number of rotatable bonds is 6. The summed E-state index contributed by atoms with van der Waals surface area (Å²) in [6.07, 6.45) is 0. The van der Waals surface area contributed by atoms with Gasteiger partial charge in [-0.2, -0.15) is 0 Å². The molecule has 1 aromatic heterocycles. The van der Waals surface area contributed by atoms with Crippen molar-refractivity contribution < 1.29 is 0 Å². The Hall–Kier alpha value is -8.92. The highest BCUT2D eigenvalue weighted by Gasteiger charge is 2.54. The molecule has 12 aromatic rings. The summed E-state index contributed by atoms with van der Waals surface area (Å²) in [7, 11) is 0. The predicted molar refractivity (Wildman–Crippen MR) is 294 cm³/mol. The van der Waals surface area contributed by atoms with Crippen LogP contribution in [0.2, 0.25) is 0 Å². The second-order valence-electron chi connectivity index (χ2n) is 19.1. The molecule has 1 atom stereocenters. The van der Waals surface area contributed by atoms with Crippen molar-refractivity contribution in [3.63, 3.8) is 0 Å². The molecule has 0 fully saturated rings. The molecule has 0 saturated heterocycles. The molecule has 2 nitrogen and oxygen atoms in total. The van der Waals surface area contributed by atoms with Crippen LogP contribution < -0.4 is 21.3 Å². The molecule has 0 N–H and O–H groups in total. The Bertz CT molecular complexity index is 3970. The van der Waals surface area contributed by atoms with E-state index in [4.69, 9.17) is 0 Å². The van der Waals surface area contributed by atoms with Crippen LogP contribution in [0.1, 0.15) is 22.3 Å². The van der Waals surface area contributed by atoms with Crippen LogP contribution in [0.15, 0.2) is 261 Å². The summed E-state index contributed by atoms with van der Waals surface area (Å²) < 4.78 is 2.40. The minimum Gasteiger partial charge on any atom is -0.311 e. The van der Waals surface area contributed by atoms with E-state index in [1.807, 2.05) is 0 Å². The van der Waals surface area contributed by atoms with Gasteiger partial charge in [0.25, 0.3) is 0 Å². The third-order valence-corrected chi connectivity index (χ3v) is 15.7. The fourth-order valence-electron chi connectivity index (χ4n) is 12.8. The normalized spacial score (nSPS) is 14.6. The lowest BCUT2D eigenvalue weighted by Gasteiger charge is -2.42. The summed E-state index contributed by atoms with van der Waals surface area (Å²) >= 11 is 0. The molecular formula is C67H43BN2. The van der Waals surface area contributed by atoms with Gasteiger partial charge in [0.15, 0.2) is 0 Å². The SMILES string of the molecule is c1ccc(N(c2ccccc2)c2ccc(-c3ccc4c(c3)B3c5ccccc5C5(c6ccccc6-c6ccc(-c7ccc(-n8c9ccccc9c9ccccc98)cc7)cc65)c5cccc-4c53)cc2)cc1. The lowest BCUT2D eigenvalue weighted by Crippen LogP contribution is -2.59. The van der Waals surface area contributed by atoms with Crippen LogP contribution in [0.25, 0.3) is 72.0 Å². The fraction of sp³-hybridized carbons (Fsp3) is 0.0149. The number of anilines is 3. The standard InChI is InChI=1S/C67H43BN2/c1-3-16-48(17-4-1)69(49-18-5-2-6-19-49)50-36-30-45(31-37-50)47-35-41-54-57-23-15-26-60-66(57)68(63(54)43-47)62-27-12-11-25-59(62)67(60)58-24-10-7-20-52(58)53-40-34-46(42-61(53)67)44-32-38-51(39-33-44)70-64-28-13-8-21-55(64)56-22-9-14-29-65(56)70/h1-43H. The summed E-state index contributed by atoms with van der Waals surface area (Å²) in [5.41, 5.74) is 26.4. The Kier molecular flexibility index (Phi) is 8.41. The monoisotopic (exact) mass is 886 g/mol. The summed E-state index contributed by atoms with van der Waals surface area (Å²) in [5, 5.41) is 2.55. The lowest BCUT2D eigenvalue weighted by molar-refractivity contribution is 0.776. The molecule has 0 bridgehead atoms. The molecule has 3 heterocycles. The van der Waals surface area contributed by atoms with Gasteiger partial charge in [-0.05, 0) is 133 Å². The van der Waals surface area contributed by atoms with Crippen LogP contribution in [-0.2, 0) is 5.41 Å². The van der Waals surface area contributed by atoms with E-state index in [0.717, 1.165) is 22.7 Å². The van der Waals surface area contributed by atoms with Crippen molar-refractivity contribution in [3.05, 3.63) is 283 Å². The largest absolute Gasteiger partial charge is 0.311 e. The minimum absolute atomic E-state index is 0.113. The van der Waals surface area contributed by atoms with Crippen LogP contribution >= 0.6 is 0 Å². The van der Waals surface area contributed by atoms with Crippen LogP contribution in [0.5, 0.6) is 0 Å². The summed E-state index contributed by atoms with van der Waals surface area (Å²) in [6, 6.07) is 97.2. The Balaban J connectivity index is 0.852. The molecular weight excluding hydrogens is 844 g/mol. The third kappa shape index (κ3) is 5.46. The molecule has 324 valence electrons. The number of hydrogen-bond donors (Lipinski definition) is 0. The Morgan fingerprint density at radius 3 is 1.51 bits per heavy atom. The van der Waals surface area contributed by atoms with Gasteiger partial charge in [0.2, 0.25) is 6.71 Å². The number of aromatic nitrogens is 1. The first-order valence-electron chi connectivity index (χ1n) is 24.5. The number of para-hydroxylation sites is 4. The van der Waals surface area contributed by atoms with Crippen LogP contribution in [0.3, 0.4) is 0 Å². The van der Waals surface area contributed by atoms with Crippen molar-refractivity contribution in [2.75, 3.05) is 4.90 Å². The van der Waals surface area contributed by atoms with Gasteiger partial charge in [-0.3, -0.25) is 0 Å². The molecule has 0 saturated carbocycles. The van der Waals surface area contributed by atoms with Gasteiger partial charge in [-0.1, -0.05) is 211 Å². The highest BCUT2D eigenvalue weighted by molar-refractivity contribution is 7.00. The van der Waals surface area contributed by atoms with Crippen molar-refractivity contribution >= 4 is 62.0 Å². The van der Waals surface area contributed by atoms with Gasteiger partial charge < -0.3 is 9.47 Å². The lowest BCUT2D eigenvalue weighted by atomic mass is 9.32. The summed E-state index contributed by atoms with van der Waals surface area (Å²) in [4.78, 5) is 2.32. The van der Waals surface area contributed by atoms with E-state index >= 15 is 0 Å². The van der Waals surface area contributed by atoms with Crippen molar-refractivity contribution in [1.82, 2.24) is 4.57 Å². The first-order valence-corrected chi connectivity index (χ1v) is 24.5. The van der Waals surface area contributed by atoms with E-state index in [-0.39, 0.29) is 6.71 Å². The molecule has 2 aliphatic heterocycles. The molecule has 1 aliphatic carbocycles. The smallest absolute Gasteiger partial charge is 0.243 e. The van der Waals surface area contributed by atoms with Gasteiger partial charge in [0.05, 0.1) is 16.4 Å². The topological polar surface area (TPSA) is 8.17 Å². The number of hydrogen-bond acceptors (Lipinski definition) is 1. The maximum atomic E-state index is 2.52. The summed E-state index contributed by atoms with van der Waals surface area (Å²) in [5.74, 6) is 0. The molecule has 1 spiro atoms. The second kappa shape index (κ2) is 15.0. The average Bonchev–Trinajstić information content (AvgIpc) is 4.06. The van der Waals surface area contributed by atoms with Crippen LogP contribution in [0.4, 0.5) is 17.1 Å². The summed E-state index contributed by atoms with van der Waals surface area (Å²) in [6.45, 7) is 0.113. The molecule has 15 rings (SSSR count). The number of benzene rings is 11. The molecule has 11 aromatic carbocycles. The fourth-order valence-corrected chi connectivity index (χ4v) is 12.8. The number of fused-ring (bicyclic) bond motifs is 15. The zero-order valence-electron chi connectivity index (χ0n) is 38.3. The highest BCUT2D eigenvalue weighted by Crippen LogP contribution is 2.58. The highest BCUT2D eigenvalue weighted by atomic mass is 15.1. The van der Waals surface area contributed by atoms with Gasteiger partial charge in [-0.25, -0.2) is 0 Å². The van der Waals surface area contributed by atoms with E-state index in [1.54, 1.807) is 0 Å². The van der Waals surface area contributed by atoms with E-state index in [1.165, 1.54) is 105 Å². The van der Waals surface area contributed by atoms with E-state index < -0.39 is 5.41 Å². The van der Waals surface area contributed by atoms with E-state index in [0.29, 0.717) is 0 Å². The third-order valence-electron chi connectivity index (χ3n) is 15.7. The second-order valence-corrected chi connectivity index (χ2v) is 19.1. The molecule has 3 heteroatoms. The van der Waals surface area contributed by atoms with E-state index in [9.17, 15) is 0 Å². The number of nitrogens with zero attached hydrogens (tertiary/aromatic N) is 2. The maximum Gasteiger partial charge on any atom is 0.243 e. The first-order chi connectivity index (χ1) is 34.7. The van der Waals surface area contributed by atoms with Crippen LogP contribution in [0, 0.1) is 0 Å². The minimum atomic E-state index is -0.493. The van der Waals surface area contributed by atoms with E-state index in [2.05, 4.69) is 270 Å². The Morgan fingerprint density at radius 2 is 0.814 bits per heavy atom. The van der Waals surface area contributed by atoms with Crippen molar-refractivity contribution in [1.29, 1.82) is 0 Å². The van der Waals surface area contributed by atoms with Crippen molar-refractivity contribution in [3.8, 4) is 50.2 Å². The van der Waals surface area contributed by atoms with Crippen LogP contribution in [-0.4, -0.2) is 11.3 Å². The zero-order chi connectivity index (χ0) is 45.9. The first kappa shape index (κ1) is 39.1. The van der Waals surface area contributed by atoms with Gasteiger partial charge in [0.1, 0.15) is 0 Å². The zero-order valence-corrected chi connectivity index (χ0v) is 38.3. The Morgan fingerprint density at radius 1 is 0.314 bits per heavy atom. The van der Waals surface area contributed by atoms with Crippen molar-refractivity contribution in [2.45, 2.75) is 5.41 Å². The molecule has 3 aliphatic rings. The van der Waals surface area contributed by atoms with Gasteiger partial charge in [-0.15, -0.1) is 0 Å². The van der Waals surface area contributed by atoms with Gasteiger partial charge in [0, 0.05) is 33.5 Å². The molecule has 70 heavy (non-hydrogen) atoms. The molecule has 1 unspecified atom stereocenters.